The summed E-state index contributed by atoms with van der Waals surface area (Å²) in [6, 6.07) is 19.4. The molecule has 0 unspecified atom stereocenters. The molecule has 7 aromatic rings. The van der Waals surface area contributed by atoms with Crippen LogP contribution in [-0.4, -0.2) is 4.57 Å². The lowest BCUT2D eigenvalue weighted by atomic mass is 9.90. The van der Waals surface area contributed by atoms with Crippen LogP contribution in [-0.2, 0) is 0 Å². The minimum atomic E-state index is -0.539. The summed E-state index contributed by atoms with van der Waals surface area (Å²) in [6.07, 6.45) is 0. The maximum absolute atomic E-state index is 9.30. The van der Waals surface area contributed by atoms with Gasteiger partial charge in [0.2, 0.25) is 0 Å². The van der Waals surface area contributed by atoms with Crippen molar-refractivity contribution in [2.45, 2.75) is 0 Å². The van der Waals surface area contributed by atoms with Gasteiger partial charge in [0, 0.05) is 33.0 Å². The van der Waals surface area contributed by atoms with Crippen LogP contribution in [0.15, 0.2) is 127 Å². The van der Waals surface area contributed by atoms with Crippen molar-refractivity contribution in [1.82, 2.24) is 4.57 Å². The third kappa shape index (κ3) is 2.61. The molecule has 0 atom stereocenters. The van der Waals surface area contributed by atoms with Gasteiger partial charge in [0.1, 0.15) is 11.5 Å². The number of para-hydroxylation sites is 4. The second kappa shape index (κ2) is 7.34. The predicted molar refractivity (Wildman–Crippen MR) is 149 cm³/mol. The van der Waals surface area contributed by atoms with Crippen molar-refractivity contribution in [1.29, 1.82) is 0 Å². The van der Waals surface area contributed by atoms with E-state index in [1.54, 1.807) is 0 Å². The van der Waals surface area contributed by atoms with E-state index in [0.29, 0.717) is 5.56 Å². The number of rotatable bonds is 2. The molecule has 2 heteroatoms. The van der Waals surface area contributed by atoms with Crippen molar-refractivity contribution in [3.05, 3.63) is 127 Å². The topological polar surface area (TPSA) is 14.2 Å². The van der Waals surface area contributed by atoms with Crippen LogP contribution in [0.1, 0.15) is 12.3 Å². The Bertz CT molecular complexity index is 2450. The molecule has 0 spiro atoms. The molecule has 0 fully saturated rings. The minimum Gasteiger partial charge on any atom is -0.456 e. The van der Waals surface area contributed by atoms with Crippen LogP contribution >= 0.6 is 0 Å². The van der Waals surface area contributed by atoms with E-state index >= 15 is 0 Å². The lowest BCUT2D eigenvalue weighted by Crippen LogP contribution is -1.98. The zero-order chi connectivity index (χ0) is 31.5. The molecular formula is C34H21NO. The third-order valence-corrected chi connectivity index (χ3v) is 6.74. The molecule has 36 heavy (non-hydrogen) atoms. The van der Waals surface area contributed by atoms with Crippen molar-refractivity contribution in [3.8, 4) is 39.4 Å². The summed E-state index contributed by atoms with van der Waals surface area (Å²) in [5.41, 5.74) is 3.14. The van der Waals surface area contributed by atoms with Crippen molar-refractivity contribution in [2.75, 3.05) is 0 Å². The molecule has 0 N–H and O–H groups in total. The molecule has 0 aliphatic carbocycles. The molecule has 0 bridgehead atoms. The van der Waals surface area contributed by atoms with Gasteiger partial charge in [0.25, 0.3) is 0 Å². The molecule has 0 saturated heterocycles. The zero-order valence-electron chi connectivity index (χ0n) is 27.8. The minimum absolute atomic E-state index is 0.0141. The Labute approximate surface area is 221 Å². The molecular weight excluding hydrogens is 438 g/mol. The van der Waals surface area contributed by atoms with Crippen LogP contribution in [0, 0.1) is 0 Å². The highest BCUT2D eigenvalue weighted by atomic mass is 16.5. The number of benzene rings is 6. The molecule has 1 aromatic heterocycles. The van der Waals surface area contributed by atoms with Gasteiger partial charge in [0.05, 0.1) is 23.4 Å². The lowest BCUT2D eigenvalue weighted by Gasteiger charge is -2.22. The summed E-state index contributed by atoms with van der Waals surface area (Å²) in [7, 11) is 0. The average Bonchev–Trinajstić information content (AvgIpc) is 3.40. The molecule has 0 saturated carbocycles. The fourth-order valence-electron chi connectivity index (χ4n) is 5.25. The molecule has 1 aliphatic rings. The molecule has 8 rings (SSSR count). The number of ether oxygens (including phenoxy) is 1. The summed E-state index contributed by atoms with van der Waals surface area (Å²) >= 11 is 0. The molecule has 6 aromatic carbocycles. The number of hydrogen-bond acceptors (Lipinski definition) is 1. The van der Waals surface area contributed by atoms with Crippen molar-refractivity contribution in [3.63, 3.8) is 0 Å². The van der Waals surface area contributed by atoms with E-state index in [-0.39, 0.29) is 57.1 Å². The van der Waals surface area contributed by atoms with Crippen LogP contribution in [0.5, 0.6) is 11.5 Å². The number of aromatic nitrogens is 1. The fourth-order valence-corrected chi connectivity index (χ4v) is 5.25. The number of hydrogen-bond donors (Lipinski definition) is 0. The number of nitrogens with zero attached hydrogens (tertiary/aromatic N) is 1. The SMILES string of the molecule is [2H]c1c([2H])c([2H])c2c(c1[2H])Oc1c([2H])c([2H])c(-c3cccc4c5ccccc5n(-c5ccccc5)c34)c3c([2H])c([2H])c([2H])c-2c13. The Morgan fingerprint density at radius 3 is 2.28 bits per heavy atom. The summed E-state index contributed by atoms with van der Waals surface area (Å²) in [6.45, 7) is 0. The molecule has 2 heterocycles. The van der Waals surface area contributed by atoms with Crippen LogP contribution in [0.2, 0.25) is 0 Å². The maximum Gasteiger partial charge on any atom is 0.135 e. The highest BCUT2D eigenvalue weighted by Crippen LogP contribution is 2.49. The summed E-state index contributed by atoms with van der Waals surface area (Å²) in [4.78, 5) is 0. The van der Waals surface area contributed by atoms with Crippen LogP contribution in [0.3, 0.4) is 0 Å². The second-order valence-electron chi connectivity index (χ2n) is 8.65. The van der Waals surface area contributed by atoms with Crippen LogP contribution in [0.25, 0.3) is 60.5 Å². The van der Waals surface area contributed by atoms with E-state index in [1.165, 1.54) is 0 Å². The van der Waals surface area contributed by atoms with Crippen molar-refractivity contribution < 1.29 is 17.1 Å². The molecule has 0 amide bonds. The molecule has 168 valence electrons. The van der Waals surface area contributed by atoms with Crippen LogP contribution in [0.4, 0.5) is 0 Å². The zero-order valence-corrected chi connectivity index (χ0v) is 18.8. The first kappa shape index (κ1) is 12.8. The first-order valence-electron chi connectivity index (χ1n) is 16.1. The largest absolute Gasteiger partial charge is 0.456 e. The third-order valence-electron chi connectivity index (χ3n) is 6.74. The van der Waals surface area contributed by atoms with Gasteiger partial charge in [-0.25, -0.2) is 0 Å². The van der Waals surface area contributed by atoms with Gasteiger partial charge in [-0.1, -0.05) is 90.9 Å². The monoisotopic (exact) mass is 468 g/mol. The fraction of sp³-hybridized carbons (Fsp3) is 0. The lowest BCUT2D eigenvalue weighted by molar-refractivity contribution is 0.487. The molecule has 0 radical (unpaired) electrons. The van der Waals surface area contributed by atoms with E-state index in [4.69, 9.17) is 15.7 Å². The Balaban J connectivity index is 1.61. The van der Waals surface area contributed by atoms with E-state index in [9.17, 15) is 1.37 Å². The first-order valence-corrected chi connectivity index (χ1v) is 11.6. The normalized spacial score (nSPS) is 15.6. The Hall–Kier alpha value is -4.82. The highest BCUT2D eigenvalue weighted by molar-refractivity contribution is 6.17. The molecule has 2 nitrogen and oxygen atoms in total. The van der Waals surface area contributed by atoms with Crippen molar-refractivity contribution >= 4 is 32.6 Å². The van der Waals surface area contributed by atoms with Gasteiger partial charge in [-0.2, -0.15) is 0 Å². The standard InChI is InChI=1S/C34H21NO/c1-2-10-22(11-3-1)35-30-18-6-4-12-24(30)29-17-9-16-28(34(29)35)23-20-21-32-33-26(23)14-8-15-27(33)25-13-5-7-19-31(25)36-32/h1-21H/i5D,7D,8D,13D,14D,15D,19D,20D,21D. The van der Waals surface area contributed by atoms with Gasteiger partial charge in [0.15, 0.2) is 0 Å². The van der Waals surface area contributed by atoms with E-state index in [0.717, 1.165) is 27.5 Å². The van der Waals surface area contributed by atoms with Gasteiger partial charge in [-0.3, -0.25) is 0 Å². The summed E-state index contributed by atoms with van der Waals surface area (Å²) in [5, 5.41) is 2.06. The van der Waals surface area contributed by atoms with Gasteiger partial charge in [-0.15, -0.1) is 0 Å². The summed E-state index contributed by atoms with van der Waals surface area (Å²) < 4.78 is 87.0. The summed E-state index contributed by atoms with van der Waals surface area (Å²) in [5.74, 6) is -0.448. The highest BCUT2D eigenvalue weighted by Gasteiger charge is 2.23. The van der Waals surface area contributed by atoms with Crippen molar-refractivity contribution in [2.24, 2.45) is 0 Å². The van der Waals surface area contributed by atoms with E-state index in [2.05, 4.69) is 4.57 Å². The Morgan fingerprint density at radius 2 is 1.33 bits per heavy atom. The van der Waals surface area contributed by atoms with Gasteiger partial charge < -0.3 is 9.30 Å². The second-order valence-corrected chi connectivity index (χ2v) is 8.65. The Morgan fingerprint density at radius 1 is 0.528 bits per heavy atom. The predicted octanol–water partition coefficient (Wildman–Crippen LogP) is 9.38. The van der Waals surface area contributed by atoms with E-state index in [1.807, 2.05) is 72.8 Å². The van der Waals surface area contributed by atoms with E-state index < -0.39 is 36.3 Å². The Kier molecular flexibility index (Phi) is 2.60. The molecule has 1 aliphatic heterocycles. The van der Waals surface area contributed by atoms with Crippen LogP contribution < -0.4 is 4.74 Å². The maximum atomic E-state index is 9.30. The first-order chi connectivity index (χ1) is 21.6. The van der Waals surface area contributed by atoms with Gasteiger partial charge >= 0.3 is 0 Å². The average molecular weight is 469 g/mol. The number of fused-ring (bicyclic) bond motifs is 5. The smallest absolute Gasteiger partial charge is 0.135 e. The quantitative estimate of drug-likeness (QED) is 0.246. The van der Waals surface area contributed by atoms with Gasteiger partial charge in [-0.05, 0) is 52.8 Å².